The third-order valence-electron chi connectivity index (χ3n) is 2.80. The van der Waals surface area contributed by atoms with Crippen molar-refractivity contribution >= 4 is 14.9 Å². The predicted molar refractivity (Wildman–Crippen MR) is 87.7 cm³/mol. The van der Waals surface area contributed by atoms with Gasteiger partial charge in [-0.25, -0.2) is 4.79 Å². The number of ether oxygens (including phenoxy) is 1. The molecule has 1 N–H and O–H groups in total. The van der Waals surface area contributed by atoms with Gasteiger partial charge in [0, 0.05) is 33.9 Å². The largest absolute Gasteiger partial charge is 0.500 e. The first kappa shape index (κ1) is 20.6. The highest BCUT2D eigenvalue weighted by molar-refractivity contribution is 6.60. The number of benzene rings is 1. The minimum absolute atomic E-state index is 0.374. The van der Waals surface area contributed by atoms with E-state index in [2.05, 4.69) is 5.32 Å². The topological polar surface area (TPSA) is 66.0 Å². The molecule has 0 atom stereocenters. The molecule has 0 unspecified atom stereocenters. The summed E-state index contributed by atoms with van der Waals surface area (Å²) in [4.78, 5) is 11.0. The van der Waals surface area contributed by atoms with Crippen molar-refractivity contribution in [1.82, 2.24) is 5.32 Å². The molecule has 1 amide bonds. The molecule has 0 aliphatic carbocycles. The summed E-state index contributed by atoms with van der Waals surface area (Å²) in [5, 5.41) is 2.62. The summed E-state index contributed by atoms with van der Waals surface area (Å²) in [7, 11) is 2.20. The van der Waals surface area contributed by atoms with Crippen LogP contribution in [-0.4, -0.2) is 49.4 Å². The van der Waals surface area contributed by atoms with Crippen LogP contribution in [-0.2, 0) is 18.0 Å². The van der Waals surface area contributed by atoms with E-state index in [0.717, 1.165) is 6.42 Å². The van der Waals surface area contributed by atoms with E-state index < -0.39 is 14.9 Å². The van der Waals surface area contributed by atoms with Gasteiger partial charge < -0.3 is 23.3 Å². The average molecular weight is 329 g/mol. The van der Waals surface area contributed by atoms with Crippen LogP contribution in [0.25, 0.3) is 0 Å². The van der Waals surface area contributed by atoms with Crippen LogP contribution in [0.15, 0.2) is 36.4 Å². The Labute approximate surface area is 134 Å². The van der Waals surface area contributed by atoms with Gasteiger partial charge in [0.15, 0.2) is 0 Å². The van der Waals surface area contributed by atoms with Crippen molar-refractivity contribution in [3.8, 4) is 0 Å². The summed E-state index contributed by atoms with van der Waals surface area (Å²) in [5.74, 6) is 0. The summed E-state index contributed by atoms with van der Waals surface area (Å²) in [5.41, 5.74) is 0. The number of amides is 1. The van der Waals surface area contributed by atoms with Gasteiger partial charge in [0.05, 0.1) is 6.61 Å². The van der Waals surface area contributed by atoms with E-state index >= 15 is 0 Å². The molecule has 7 heteroatoms. The van der Waals surface area contributed by atoms with E-state index in [1.807, 2.05) is 36.4 Å². The molecule has 22 heavy (non-hydrogen) atoms. The minimum atomic E-state index is -2.50. The maximum Gasteiger partial charge on any atom is 0.500 e. The quantitative estimate of drug-likeness (QED) is 0.587. The summed E-state index contributed by atoms with van der Waals surface area (Å²) >= 11 is 0. The van der Waals surface area contributed by atoms with Crippen LogP contribution in [0, 0.1) is 0 Å². The lowest BCUT2D eigenvalue weighted by molar-refractivity contribution is 0.122. The normalized spacial score (nSPS) is 10.4. The highest BCUT2D eigenvalue weighted by Crippen LogP contribution is 2.14. The number of nitrogens with one attached hydrogen (secondary N) is 1. The van der Waals surface area contributed by atoms with Gasteiger partial charge in [-0.05, 0) is 13.3 Å². The molecule has 0 aliphatic rings. The van der Waals surface area contributed by atoms with Crippen molar-refractivity contribution in [2.24, 2.45) is 0 Å². The van der Waals surface area contributed by atoms with E-state index in [4.69, 9.17) is 18.0 Å². The zero-order chi connectivity index (χ0) is 16.7. The molecule has 126 valence electrons. The van der Waals surface area contributed by atoms with Crippen molar-refractivity contribution in [2.45, 2.75) is 19.4 Å². The molecule has 0 heterocycles. The van der Waals surface area contributed by atoms with Gasteiger partial charge in [0.2, 0.25) is 0 Å². The Hall–Kier alpha value is -1.41. The standard InChI is InChI=1S/C9H21NO5Si.C6H6/c1-5-15-9(11)10-7-6-8-16(12-2,13-3)14-4;1-2-4-6-5-3-1/h5-8H2,1-4H3,(H,10,11);1-6H. The van der Waals surface area contributed by atoms with Gasteiger partial charge in [-0.15, -0.1) is 0 Å². The zero-order valence-corrected chi connectivity index (χ0v) is 14.8. The van der Waals surface area contributed by atoms with Crippen LogP contribution in [0.3, 0.4) is 0 Å². The fraction of sp³-hybridized carbons (Fsp3) is 0.533. The molecule has 1 rings (SSSR count). The molecule has 0 fully saturated rings. The Kier molecular flexibility index (Phi) is 12.4. The number of carbonyl (C=O) groups excluding carboxylic acids is 1. The fourth-order valence-corrected chi connectivity index (χ4v) is 3.34. The van der Waals surface area contributed by atoms with Gasteiger partial charge in [0.25, 0.3) is 0 Å². The number of hydrogen-bond acceptors (Lipinski definition) is 5. The molecular weight excluding hydrogens is 302 g/mol. The van der Waals surface area contributed by atoms with Crippen molar-refractivity contribution < 1.29 is 22.8 Å². The maximum atomic E-state index is 11.0. The number of hydrogen-bond donors (Lipinski definition) is 1. The molecular formula is C15H27NO5Si. The molecule has 0 bridgehead atoms. The predicted octanol–water partition coefficient (Wildman–Crippen LogP) is 2.69. The molecule has 0 spiro atoms. The Morgan fingerprint density at radius 1 is 0.955 bits per heavy atom. The van der Waals surface area contributed by atoms with Gasteiger partial charge in [-0.1, -0.05) is 36.4 Å². The first-order chi connectivity index (χ1) is 10.6. The minimum Gasteiger partial charge on any atom is -0.450 e. The van der Waals surface area contributed by atoms with Gasteiger partial charge in [-0.3, -0.25) is 0 Å². The number of rotatable bonds is 8. The first-order valence-electron chi connectivity index (χ1n) is 7.20. The van der Waals surface area contributed by atoms with Gasteiger partial charge in [0.1, 0.15) is 0 Å². The highest BCUT2D eigenvalue weighted by atomic mass is 28.4. The van der Waals surface area contributed by atoms with Crippen molar-refractivity contribution in [3.63, 3.8) is 0 Å². The summed E-state index contributed by atoms with van der Waals surface area (Å²) in [6, 6.07) is 12.7. The second-order valence-electron chi connectivity index (χ2n) is 4.20. The van der Waals surface area contributed by atoms with Crippen molar-refractivity contribution in [2.75, 3.05) is 34.5 Å². The smallest absolute Gasteiger partial charge is 0.450 e. The summed E-state index contributed by atoms with van der Waals surface area (Å²) in [6.07, 6.45) is 0.322. The molecule has 0 aliphatic heterocycles. The number of alkyl carbamates (subject to hydrolysis) is 1. The Morgan fingerprint density at radius 2 is 1.41 bits per heavy atom. The summed E-state index contributed by atoms with van der Waals surface area (Å²) < 4.78 is 20.4. The third-order valence-corrected chi connectivity index (χ3v) is 5.64. The van der Waals surface area contributed by atoms with E-state index in [-0.39, 0.29) is 0 Å². The number of carbonyl (C=O) groups is 1. The molecule has 0 aromatic heterocycles. The van der Waals surface area contributed by atoms with E-state index in [1.54, 1.807) is 28.3 Å². The Bertz CT molecular complexity index is 338. The van der Waals surface area contributed by atoms with E-state index in [9.17, 15) is 4.79 Å². The fourth-order valence-electron chi connectivity index (χ4n) is 1.62. The average Bonchev–Trinajstić information content (AvgIpc) is 2.58. The summed E-state index contributed by atoms with van der Waals surface area (Å²) in [6.45, 7) is 2.65. The third kappa shape index (κ3) is 9.51. The second-order valence-corrected chi connectivity index (χ2v) is 7.29. The van der Waals surface area contributed by atoms with Gasteiger partial charge in [-0.2, -0.15) is 0 Å². The molecule has 0 saturated heterocycles. The molecule has 6 nitrogen and oxygen atoms in total. The lowest BCUT2D eigenvalue weighted by Gasteiger charge is -2.24. The van der Waals surface area contributed by atoms with E-state index in [0.29, 0.717) is 19.2 Å². The Balaban J connectivity index is 0.000000604. The monoisotopic (exact) mass is 329 g/mol. The first-order valence-corrected chi connectivity index (χ1v) is 9.13. The van der Waals surface area contributed by atoms with Crippen LogP contribution in [0.2, 0.25) is 6.04 Å². The lowest BCUT2D eigenvalue weighted by atomic mass is 10.4. The van der Waals surface area contributed by atoms with Gasteiger partial charge >= 0.3 is 14.9 Å². The molecule has 0 saturated carbocycles. The van der Waals surface area contributed by atoms with Crippen LogP contribution < -0.4 is 5.32 Å². The van der Waals surface area contributed by atoms with E-state index in [1.165, 1.54) is 0 Å². The lowest BCUT2D eigenvalue weighted by Crippen LogP contribution is -2.43. The maximum absolute atomic E-state index is 11.0. The molecule has 1 aromatic rings. The molecule has 1 aromatic carbocycles. The van der Waals surface area contributed by atoms with Crippen LogP contribution in [0.4, 0.5) is 4.79 Å². The van der Waals surface area contributed by atoms with Crippen LogP contribution in [0.5, 0.6) is 0 Å². The van der Waals surface area contributed by atoms with Crippen LogP contribution in [0.1, 0.15) is 13.3 Å². The second kappa shape index (κ2) is 13.3. The van der Waals surface area contributed by atoms with Crippen molar-refractivity contribution in [1.29, 1.82) is 0 Å². The highest BCUT2D eigenvalue weighted by Gasteiger charge is 2.36. The van der Waals surface area contributed by atoms with Crippen molar-refractivity contribution in [3.05, 3.63) is 36.4 Å². The SMILES string of the molecule is CCOC(=O)NCCC[Si](OC)(OC)OC.c1ccccc1. The Morgan fingerprint density at radius 3 is 1.77 bits per heavy atom. The molecule has 0 radical (unpaired) electrons. The zero-order valence-electron chi connectivity index (χ0n) is 13.8. The van der Waals surface area contributed by atoms with Crippen LogP contribution >= 0.6 is 0 Å².